The summed E-state index contributed by atoms with van der Waals surface area (Å²) in [5.41, 5.74) is 0. The number of nitrogens with zero attached hydrogens (tertiary/aromatic N) is 2. The van der Waals surface area contributed by atoms with Gasteiger partial charge in [-0.25, -0.2) is 4.98 Å². The minimum Gasteiger partial charge on any atom is -0.316 e. The van der Waals surface area contributed by atoms with E-state index in [9.17, 15) is 14.9 Å². The van der Waals surface area contributed by atoms with Gasteiger partial charge in [0.2, 0.25) is 5.91 Å². The van der Waals surface area contributed by atoms with E-state index < -0.39 is 4.92 Å². The number of anilines is 1. The van der Waals surface area contributed by atoms with Crippen LogP contribution in [0.3, 0.4) is 0 Å². The van der Waals surface area contributed by atoms with Gasteiger partial charge in [-0.1, -0.05) is 0 Å². The quantitative estimate of drug-likeness (QED) is 0.621. The van der Waals surface area contributed by atoms with Gasteiger partial charge in [0.05, 0.1) is 10.8 Å². The first-order valence-electron chi connectivity index (χ1n) is 5.28. The van der Waals surface area contributed by atoms with Crippen LogP contribution in [0.2, 0.25) is 0 Å². The maximum Gasteiger partial charge on any atom is 0.345 e. The van der Waals surface area contributed by atoms with E-state index in [1.165, 1.54) is 0 Å². The van der Waals surface area contributed by atoms with E-state index in [2.05, 4.69) is 15.6 Å². The minimum atomic E-state index is -0.518. The van der Waals surface area contributed by atoms with Crippen LogP contribution in [-0.4, -0.2) is 28.9 Å². The fraction of sp³-hybridized carbons (Fsp3) is 0.556. The maximum absolute atomic E-state index is 11.8. The van der Waals surface area contributed by atoms with Gasteiger partial charge in [-0.3, -0.25) is 14.9 Å². The second kappa shape index (κ2) is 5.19. The Balaban J connectivity index is 1.94. The Bertz CT molecular complexity index is 428. The predicted octanol–water partition coefficient (Wildman–Crippen LogP) is 0.989. The van der Waals surface area contributed by atoms with Crippen LogP contribution in [0, 0.1) is 16.0 Å². The fourth-order valence-corrected chi connectivity index (χ4v) is 2.33. The molecule has 1 aromatic heterocycles. The van der Waals surface area contributed by atoms with Crippen LogP contribution in [0.1, 0.15) is 12.8 Å². The number of amides is 1. The number of nitrogens with one attached hydrogen (secondary N) is 2. The first-order valence-corrected chi connectivity index (χ1v) is 6.10. The number of hydrogen-bond donors (Lipinski definition) is 2. The lowest BCUT2D eigenvalue weighted by Crippen LogP contribution is -2.37. The Morgan fingerprint density at radius 1 is 1.71 bits per heavy atom. The van der Waals surface area contributed by atoms with E-state index in [1.54, 1.807) is 0 Å². The van der Waals surface area contributed by atoms with Crippen molar-refractivity contribution in [1.29, 1.82) is 0 Å². The van der Waals surface area contributed by atoms with Gasteiger partial charge in [0.25, 0.3) is 0 Å². The summed E-state index contributed by atoms with van der Waals surface area (Å²) >= 11 is 0.871. The van der Waals surface area contributed by atoms with Crippen molar-refractivity contribution in [2.24, 2.45) is 5.92 Å². The summed E-state index contributed by atoms with van der Waals surface area (Å²) in [5.74, 6) is -0.201. The van der Waals surface area contributed by atoms with Gasteiger partial charge in [0.1, 0.15) is 6.20 Å². The molecule has 2 heterocycles. The van der Waals surface area contributed by atoms with Crippen molar-refractivity contribution >= 4 is 27.4 Å². The molecule has 1 fully saturated rings. The van der Waals surface area contributed by atoms with Gasteiger partial charge in [-0.2, -0.15) is 0 Å². The summed E-state index contributed by atoms with van der Waals surface area (Å²) in [7, 11) is 0. The molecule has 0 aliphatic carbocycles. The van der Waals surface area contributed by atoms with Gasteiger partial charge >= 0.3 is 5.00 Å². The third kappa shape index (κ3) is 2.98. The highest BCUT2D eigenvalue weighted by molar-refractivity contribution is 7.18. The first kappa shape index (κ1) is 11.9. The first-order chi connectivity index (χ1) is 8.16. The van der Waals surface area contributed by atoms with Crippen LogP contribution in [0.5, 0.6) is 0 Å². The molecular weight excluding hydrogens is 244 g/mol. The summed E-state index contributed by atoms with van der Waals surface area (Å²) in [6, 6.07) is 0. The van der Waals surface area contributed by atoms with Crippen molar-refractivity contribution in [3.8, 4) is 0 Å². The number of carbonyl (C=O) groups excluding carboxylic acids is 1. The van der Waals surface area contributed by atoms with E-state index in [-0.39, 0.29) is 22.0 Å². The summed E-state index contributed by atoms with van der Waals surface area (Å²) in [6.45, 7) is 1.59. The highest BCUT2D eigenvalue weighted by Gasteiger charge is 2.22. The molecule has 8 heteroatoms. The molecule has 92 valence electrons. The molecule has 2 rings (SSSR count). The lowest BCUT2D eigenvalue weighted by atomic mass is 9.99. The third-order valence-corrected chi connectivity index (χ3v) is 3.44. The Morgan fingerprint density at radius 2 is 2.53 bits per heavy atom. The lowest BCUT2D eigenvalue weighted by Gasteiger charge is -2.21. The lowest BCUT2D eigenvalue weighted by molar-refractivity contribution is -0.380. The molecule has 1 atom stereocenters. The normalized spacial score (nSPS) is 19.9. The average Bonchev–Trinajstić information content (AvgIpc) is 2.79. The molecule has 1 amide bonds. The molecule has 0 saturated carbocycles. The maximum atomic E-state index is 11.8. The van der Waals surface area contributed by atoms with Crippen molar-refractivity contribution in [1.82, 2.24) is 10.3 Å². The molecule has 7 nitrogen and oxygen atoms in total. The number of aromatic nitrogens is 1. The molecule has 1 aromatic rings. The Kier molecular flexibility index (Phi) is 3.64. The number of hydrogen-bond acceptors (Lipinski definition) is 6. The van der Waals surface area contributed by atoms with Crippen LogP contribution >= 0.6 is 11.3 Å². The number of piperidine rings is 1. The van der Waals surface area contributed by atoms with Crippen molar-refractivity contribution in [2.45, 2.75) is 12.8 Å². The highest BCUT2D eigenvalue weighted by Crippen LogP contribution is 2.25. The van der Waals surface area contributed by atoms with Crippen molar-refractivity contribution < 1.29 is 9.72 Å². The van der Waals surface area contributed by atoms with Crippen molar-refractivity contribution in [3.05, 3.63) is 16.3 Å². The minimum absolute atomic E-state index is 0.0675. The Hall–Kier alpha value is -1.54. The van der Waals surface area contributed by atoms with E-state index in [1.807, 2.05) is 0 Å². The van der Waals surface area contributed by atoms with Crippen LogP contribution in [0.15, 0.2) is 6.20 Å². The van der Waals surface area contributed by atoms with Crippen LogP contribution in [0.25, 0.3) is 0 Å². The summed E-state index contributed by atoms with van der Waals surface area (Å²) in [4.78, 5) is 25.5. The SMILES string of the molecule is O=C(Nc1ncc([N+](=O)[O-])s1)C1CCCNC1. The second-order valence-electron chi connectivity index (χ2n) is 3.79. The smallest absolute Gasteiger partial charge is 0.316 e. The van der Waals surface area contributed by atoms with Gasteiger partial charge < -0.3 is 10.6 Å². The summed E-state index contributed by atoms with van der Waals surface area (Å²) in [6.07, 6.45) is 2.96. The van der Waals surface area contributed by atoms with E-state index in [0.717, 1.165) is 36.9 Å². The predicted molar refractivity (Wildman–Crippen MR) is 63.0 cm³/mol. The zero-order valence-corrected chi connectivity index (χ0v) is 9.83. The molecule has 0 bridgehead atoms. The van der Waals surface area contributed by atoms with Crippen LogP contribution in [0.4, 0.5) is 10.1 Å². The molecule has 1 unspecified atom stereocenters. The zero-order valence-electron chi connectivity index (χ0n) is 9.01. The fourth-order valence-electron chi connectivity index (χ4n) is 1.69. The van der Waals surface area contributed by atoms with E-state index in [0.29, 0.717) is 6.54 Å². The number of thiazole rings is 1. The number of carbonyl (C=O) groups is 1. The molecule has 1 aliphatic rings. The zero-order chi connectivity index (χ0) is 12.3. The molecule has 0 spiro atoms. The van der Waals surface area contributed by atoms with Crippen molar-refractivity contribution in [3.63, 3.8) is 0 Å². The molecule has 0 radical (unpaired) electrons. The third-order valence-electron chi connectivity index (χ3n) is 2.57. The molecule has 0 aromatic carbocycles. The van der Waals surface area contributed by atoms with Crippen molar-refractivity contribution in [2.75, 3.05) is 18.4 Å². The Labute approximate surface area is 101 Å². The highest BCUT2D eigenvalue weighted by atomic mass is 32.1. The summed E-state index contributed by atoms with van der Waals surface area (Å²) < 4.78 is 0. The Morgan fingerprint density at radius 3 is 3.12 bits per heavy atom. The second-order valence-corrected chi connectivity index (χ2v) is 4.80. The topological polar surface area (TPSA) is 97.2 Å². The molecular formula is C9H12N4O3S. The van der Waals surface area contributed by atoms with Gasteiger partial charge in [0, 0.05) is 6.54 Å². The largest absolute Gasteiger partial charge is 0.345 e. The van der Waals surface area contributed by atoms with E-state index in [4.69, 9.17) is 0 Å². The van der Waals surface area contributed by atoms with Gasteiger partial charge in [0.15, 0.2) is 5.13 Å². The van der Waals surface area contributed by atoms with Crippen LogP contribution < -0.4 is 10.6 Å². The van der Waals surface area contributed by atoms with Gasteiger partial charge in [-0.05, 0) is 30.7 Å². The molecule has 1 saturated heterocycles. The summed E-state index contributed by atoms with van der Waals surface area (Å²) in [5, 5.41) is 16.4. The molecule has 1 aliphatic heterocycles. The number of nitro groups is 1. The number of rotatable bonds is 3. The molecule has 17 heavy (non-hydrogen) atoms. The van der Waals surface area contributed by atoms with E-state index >= 15 is 0 Å². The van der Waals surface area contributed by atoms with Gasteiger partial charge in [-0.15, -0.1) is 0 Å². The standard InChI is InChI=1S/C9H12N4O3S/c14-8(6-2-1-3-10-4-6)12-9-11-5-7(17-9)13(15)16/h5-6,10H,1-4H2,(H,11,12,14). The molecule has 2 N–H and O–H groups in total. The van der Waals surface area contributed by atoms with Crippen LogP contribution in [-0.2, 0) is 4.79 Å². The average molecular weight is 256 g/mol. The monoisotopic (exact) mass is 256 g/mol.